The molecule has 1 aliphatic heterocycles. The van der Waals surface area contributed by atoms with Gasteiger partial charge in [0.2, 0.25) is 0 Å². The predicted octanol–water partition coefficient (Wildman–Crippen LogP) is 0.0532. The SMILES string of the molecule is BC1(F)CCCO1. The van der Waals surface area contributed by atoms with Gasteiger partial charge < -0.3 is 4.74 Å². The Morgan fingerprint density at radius 3 is 2.57 bits per heavy atom. The van der Waals surface area contributed by atoms with Gasteiger partial charge in [-0.2, -0.15) is 0 Å². The summed E-state index contributed by atoms with van der Waals surface area (Å²) >= 11 is 0. The van der Waals surface area contributed by atoms with E-state index in [2.05, 4.69) is 4.74 Å². The minimum Gasteiger partial charge on any atom is -0.354 e. The molecule has 1 aliphatic rings. The molecule has 0 spiro atoms. The van der Waals surface area contributed by atoms with Gasteiger partial charge in [-0.25, -0.2) is 4.39 Å². The number of ether oxygens (including phenoxy) is 1. The first-order valence-corrected chi connectivity index (χ1v) is 2.54. The molecule has 0 aromatic rings. The molecule has 1 atom stereocenters. The van der Waals surface area contributed by atoms with Crippen LogP contribution >= 0.6 is 0 Å². The normalized spacial score (nSPS) is 41.9. The lowest BCUT2D eigenvalue weighted by molar-refractivity contribution is -0.0320. The van der Waals surface area contributed by atoms with Crippen molar-refractivity contribution < 1.29 is 9.13 Å². The van der Waals surface area contributed by atoms with E-state index in [1.54, 1.807) is 0 Å². The quantitative estimate of drug-likeness (QED) is 0.392. The number of rotatable bonds is 0. The summed E-state index contributed by atoms with van der Waals surface area (Å²) in [6.07, 6.45) is 1.43. The van der Waals surface area contributed by atoms with Crippen LogP contribution in [0.1, 0.15) is 12.8 Å². The van der Waals surface area contributed by atoms with Crippen molar-refractivity contribution in [2.75, 3.05) is 6.61 Å². The second kappa shape index (κ2) is 1.48. The number of hydrogen-bond acceptors (Lipinski definition) is 1. The maximum atomic E-state index is 12.4. The summed E-state index contributed by atoms with van der Waals surface area (Å²) in [5, 5.41) is 0. The fourth-order valence-corrected chi connectivity index (χ4v) is 0.745. The van der Waals surface area contributed by atoms with Gasteiger partial charge in [0.1, 0.15) is 0 Å². The average Bonchev–Trinajstić information content (AvgIpc) is 1.84. The molecular weight excluding hydrogens is 93.9 g/mol. The van der Waals surface area contributed by atoms with Crippen LogP contribution in [0.15, 0.2) is 0 Å². The monoisotopic (exact) mass is 102 g/mol. The van der Waals surface area contributed by atoms with Gasteiger partial charge in [-0.3, -0.25) is 0 Å². The van der Waals surface area contributed by atoms with Crippen molar-refractivity contribution in [3.8, 4) is 0 Å². The van der Waals surface area contributed by atoms with Gasteiger partial charge >= 0.3 is 0 Å². The summed E-state index contributed by atoms with van der Waals surface area (Å²) in [6, 6.07) is 0. The molecule has 0 saturated carbocycles. The first kappa shape index (κ1) is 5.10. The summed E-state index contributed by atoms with van der Waals surface area (Å²) in [5.74, 6) is -1.31. The van der Waals surface area contributed by atoms with Crippen LogP contribution in [0.5, 0.6) is 0 Å². The molecule has 0 radical (unpaired) electrons. The van der Waals surface area contributed by atoms with E-state index in [1.807, 2.05) is 0 Å². The molecular formula is C4H8BFO. The Labute approximate surface area is 43.3 Å². The van der Waals surface area contributed by atoms with Crippen molar-refractivity contribution >= 4 is 7.85 Å². The summed E-state index contributed by atoms with van der Waals surface area (Å²) in [4.78, 5) is 0. The standard InChI is InChI=1S/C4H8BFO/c5-4(6)2-1-3-7-4/h1-3,5H2. The van der Waals surface area contributed by atoms with Crippen molar-refractivity contribution in [3.05, 3.63) is 0 Å². The van der Waals surface area contributed by atoms with E-state index >= 15 is 0 Å². The minimum absolute atomic E-state index is 0.562. The van der Waals surface area contributed by atoms with Crippen LogP contribution in [0.4, 0.5) is 4.39 Å². The second-order valence-corrected chi connectivity index (χ2v) is 2.05. The maximum absolute atomic E-state index is 12.4. The highest BCUT2D eigenvalue weighted by Crippen LogP contribution is 2.22. The van der Waals surface area contributed by atoms with Crippen molar-refractivity contribution in [1.82, 2.24) is 0 Å². The Morgan fingerprint density at radius 1 is 1.71 bits per heavy atom. The minimum atomic E-state index is -1.31. The summed E-state index contributed by atoms with van der Waals surface area (Å²) in [6.45, 7) is 0.590. The van der Waals surface area contributed by atoms with Crippen molar-refractivity contribution in [1.29, 1.82) is 0 Å². The van der Waals surface area contributed by atoms with Crippen molar-refractivity contribution in [3.63, 3.8) is 0 Å². The largest absolute Gasteiger partial charge is 0.354 e. The zero-order valence-electron chi connectivity index (χ0n) is 4.41. The molecule has 0 N–H and O–H groups in total. The van der Waals surface area contributed by atoms with E-state index in [0.717, 1.165) is 6.42 Å². The van der Waals surface area contributed by atoms with Gasteiger partial charge in [0, 0.05) is 6.61 Å². The lowest BCUT2D eigenvalue weighted by atomic mass is 9.94. The first-order chi connectivity index (χ1) is 3.21. The number of hydrogen-bond donors (Lipinski definition) is 0. The van der Waals surface area contributed by atoms with Gasteiger partial charge in [0.25, 0.3) is 0 Å². The smallest absolute Gasteiger partial charge is 0.185 e. The molecule has 0 aromatic carbocycles. The lowest BCUT2D eigenvalue weighted by Gasteiger charge is -2.09. The van der Waals surface area contributed by atoms with E-state index in [9.17, 15) is 4.39 Å². The Balaban J connectivity index is 2.40. The van der Waals surface area contributed by atoms with Crippen molar-refractivity contribution in [2.24, 2.45) is 0 Å². The van der Waals surface area contributed by atoms with Gasteiger partial charge in [0.05, 0.1) is 0 Å². The summed E-state index contributed by atoms with van der Waals surface area (Å²) < 4.78 is 17.1. The number of halogens is 1. The summed E-state index contributed by atoms with van der Waals surface area (Å²) in [7, 11) is 1.47. The highest BCUT2D eigenvalue weighted by Gasteiger charge is 2.27. The zero-order valence-corrected chi connectivity index (χ0v) is 4.41. The van der Waals surface area contributed by atoms with E-state index in [0.29, 0.717) is 13.0 Å². The Hall–Kier alpha value is -0.0451. The van der Waals surface area contributed by atoms with Crippen LogP contribution in [0.3, 0.4) is 0 Å². The van der Waals surface area contributed by atoms with Gasteiger partial charge in [-0.05, 0) is 12.8 Å². The maximum Gasteiger partial charge on any atom is 0.185 e. The Morgan fingerprint density at radius 2 is 2.43 bits per heavy atom. The van der Waals surface area contributed by atoms with Crippen LogP contribution in [-0.2, 0) is 4.74 Å². The van der Waals surface area contributed by atoms with Crippen LogP contribution in [0.2, 0.25) is 0 Å². The third kappa shape index (κ3) is 1.16. The van der Waals surface area contributed by atoms with Gasteiger partial charge in [-0.1, -0.05) is 0 Å². The molecule has 0 bridgehead atoms. The fraction of sp³-hybridized carbons (Fsp3) is 1.00. The Kier molecular flexibility index (Phi) is 1.07. The predicted molar refractivity (Wildman–Crippen MR) is 27.6 cm³/mol. The third-order valence-electron chi connectivity index (χ3n) is 1.17. The van der Waals surface area contributed by atoms with Gasteiger partial charge in [-0.15, -0.1) is 0 Å². The van der Waals surface area contributed by atoms with Crippen LogP contribution in [-0.4, -0.2) is 20.2 Å². The van der Waals surface area contributed by atoms with E-state index in [4.69, 9.17) is 0 Å². The molecule has 0 aliphatic carbocycles. The van der Waals surface area contributed by atoms with Crippen LogP contribution in [0, 0.1) is 0 Å². The molecule has 1 unspecified atom stereocenters. The first-order valence-electron chi connectivity index (χ1n) is 2.54. The zero-order chi connectivity index (χ0) is 5.33. The average molecular weight is 102 g/mol. The van der Waals surface area contributed by atoms with Gasteiger partial charge in [0.15, 0.2) is 13.6 Å². The topological polar surface area (TPSA) is 9.23 Å². The van der Waals surface area contributed by atoms with Crippen LogP contribution in [0.25, 0.3) is 0 Å². The lowest BCUT2D eigenvalue weighted by Crippen LogP contribution is -2.19. The van der Waals surface area contributed by atoms with E-state index < -0.39 is 5.75 Å². The molecule has 1 nitrogen and oxygen atoms in total. The van der Waals surface area contributed by atoms with Crippen molar-refractivity contribution in [2.45, 2.75) is 18.6 Å². The molecule has 40 valence electrons. The fourth-order valence-electron chi connectivity index (χ4n) is 0.745. The molecule has 7 heavy (non-hydrogen) atoms. The molecule has 1 heterocycles. The second-order valence-electron chi connectivity index (χ2n) is 2.05. The molecule has 1 rings (SSSR count). The molecule has 3 heteroatoms. The summed E-state index contributed by atoms with van der Waals surface area (Å²) in [5.41, 5.74) is 0. The third-order valence-corrected chi connectivity index (χ3v) is 1.17. The molecule has 0 aromatic heterocycles. The van der Waals surface area contributed by atoms with Crippen LogP contribution < -0.4 is 0 Å². The molecule has 1 saturated heterocycles. The highest BCUT2D eigenvalue weighted by molar-refractivity contribution is 6.13. The molecule has 0 amide bonds. The van der Waals surface area contributed by atoms with E-state index in [1.165, 1.54) is 7.85 Å². The Bertz CT molecular complexity index is 66.1. The number of alkyl halides is 1. The van der Waals surface area contributed by atoms with E-state index in [-0.39, 0.29) is 0 Å². The highest BCUT2D eigenvalue weighted by atomic mass is 19.2. The molecule has 1 fully saturated rings.